The van der Waals surface area contributed by atoms with Crippen LogP contribution in [-0.2, 0) is 9.53 Å². The number of carbonyl (C=O) groups excluding carboxylic acids is 2. The van der Waals surface area contributed by atoms with Crippen molar-refractivity contribution in [2.75, 3.05) is 37.0 Å². The average molecular weight is 447 g/mol. The Labute approximate surface area is 191 Å². The van der Waals surface area contributed by atoms with Crippen LogP contribution in [-0.4, -0.2) is 38.5 Å². The number of hydrogen-bond donors (Lipinski definition) is 1. The zero-order chi connectivity index (χ0) is 23.2. The fourth-order valence-electron chi connectivity index (χ4n) is 4.10. The van der Waals surface area contributed by atoms with E-state index in [2.05, 4.69) is 10.2 Å². The van der Waals surface area contributed by atoms with Gasteiger partial charge in [-0.15, -0.1) is 0 Å². The molecule has 0 unspecified atom stereocenters. The van der Waals surface area contributed by atoms with Gasteiger partial charge in [0.05, 0.1) is 5.69 Å². The summed E-state index contributed by atoms with van der Waals surface area (Å²) in [4.78, 5) is 40.0. The SMILES string of the molecule is COCC(=O)Nc1cccc(C=CC(=O)c2c(N3CCCCC3)c3ccccc3oc2=O)c1. The van der Waals surface area contributed by atoms with Crippen LogP contribution in [0.2, 0.25) is 0 Å². The molecule has 0 radical (unpaired) electrons. The average Bonchev–Trinajstić information content (AvgIpc) is 2.82. The number of nitrogens with zero attached hydrogens (tertiary/aromatic N) is 1. The summed E-state index contributed by atoms with van der Waals surface area (Å²) < 4.78 is 10.3. The zero-order valence-electron chi connectivity index (χ0n) is 18.5. The van der Waals surface area contributed by atoms with Crippen molar-refractivity contribution in [1.82, 2.24) is 0 Å². The number of allylic oxidation sites excluding steroid dienone is 1. The van der Waals surface area contributed by atoms with Crippen LogP contribution < -0.4 is 15.8 Å². The summed E-state index contributed by atoms with van der Waals surface area (Å²) >= 11 is 0. The van der Waals surface area contributed by atoms with Crippen LogP contribution in [0.4, 0.5) is 11.4 Å². The summed E-state index contributed by atoms with van der Waals surface area (Å²) in [7, 11) is 1.45. The molecule has 2 heterocycles. The van der Waals surface area contributed by atoms with Gasteiger partial charge in [-0.3, -0.25) is 9.59 Å². The molecule has 0 bridgehead atoms. The fraction of sp³-hybridized carbons (Fsp3) is 0.269. The third kappa shape index (κ3) is 5.21. The topological polar surface area (TPSA) is 88.8 Å². The number of methoxy groups -OCH3 is 1. The Hall–Kier alpha value is -3.71. The maximum absolute atomic E-state index is 13.2. The molecule has 7 nitrogen and oxygen atoms in total. The number of hydrogen-bond acceptors (Lipinski definition) is 6. The molecule has 0 atom stereocenters. The van der Waals surface area contributed by atoms with Crippen molar-refractivity contribution in [2.24, 2.45) is 0 Å². The highest BCUT2D eigenvalue weighted by Gasteiger charge is 2.24. The third-order valence-corrected chi connectivity index (χ3v) is 5.58. The second-order valence-electron chi connectivity index (χ2n) is 7.96. The first-order valence-electron chi connectivity index (χ1n) is 11.0. The van der Waals surface area contributed by atoms with E-state index in [0.717, 1.165) is 37.7 Å². The minimum Gasteiger partial charge on any atom is -0.422 e. The van der Waals surface area contributed by atoms with Crippen molar-refractivity contribution < 1.29 is 18.7 Å². The van der Waals surface area contributed by atoms with Crippen LogP contribution in [0, 0.1) is 0 Å². The molecule has 33 heavy (non-hydrogen) atoms. The van der Waals surface area contributed by atoms with E-state index in [0.29, 0.717) is 22.5 Å². The molecule has 4 rings (SSSR count). The van der Waals surface area contributed by atoms with Crippen molar-refractivity contribution >= 4 is 40.1 Å². The van der Waals surface area contributed by atoms with E-state index in [1.165, 1.54) is 13.2 Å². The molecule has 0 saturated carbocycles. The van der Waals surface area contributed by atoms with Gasteiger partial charge in [-0.1, -0.05) is 30.3 Å². The largest absolute Gasteiger partial charge is 0.422 e. The molecule has 3 aromatic rings. The minimum absolute atomic E-state index is 0.0461. The predicted molar refractivity (Wildman–Crippen MR) is 129 cm³/mol. The van der Waals surface area contributed by atoms with Crippen LogP contribution in [0.3, 0.4) is 0 Å². The normalized spacial score (nSPS) is 14.0. The minimum atomic E-state index is -0.635. The first kappa shape index (κ1) is 22.5. The van der Waals surface area contributed by atoms with E-state index in [1.54, 1.807) is 30.3 Å². The molecule has 170 valence electrons. The highest BCUT2D eigenvalue weighted by molar-refractivity contribution is 6.14. The van der Waals surface area contributed by atoms with Crippen molar-refractivity contribution in [3.05, 3.63) is 76.2 Å². The molecule has 1 saturated heterocycles. The zero-order valence-corrected chi connectivity index (χ0v) is 18.5. The number of amides is 1. The summed E-state index contributed by atoms with van der Waals surface area (Å²) in [6, 6.07) is 14.4. The Morgan fingerprint density at radius 1 is 1.09 bits per heavy atom. The molecular formula is C26H26N2O5. The van der Waals surface area contributed by atoms with Gasteiger partial charge < -0.3 is 19.4 Å². The van der Waals surface area contributed by atoms with Gasteiger partial charge in [-0.2, -0.15) is 0 Å². The molecule has 7 heteroatoms. The summed E-state index contributed by atoms with van der Waals surface area (Å²) in [5, 5.41) is 3.49. The molecule has 0 aliphatic carbocycles. The quantitative estimate of drug-likeness (QED) is 0.331. The summed E-state index contributed by atoms with van der Waals surface area (Å²) in [5.41, 5.74) is 1.84. The number of ether oxygens (including phenoxy) is 1. The van der Waals surface area contributed by atoms with E-state index >= 15 is 0 Å². The monoisotopic (exact) mass is 446 g/mol. The van der Waals surface area contributed by atoms with Gasteiger partial charge in [0, 0.05) is 31.3 Å². The Morgan fingerprint density at radius 2 is 1.88 bits per heavy atom. The van der Waals surface area contributed by atoms with Gasteiger partial charge in [-0.25, -0.2) is 4.79 Å². The molecule has 1 aromatic heterocycles. The standard InChI is InChI=1S/C26H26N2O5/c1-32-17-23(30)27-19-9-7-8-18(16-19)12-13-21(29)24-25(28-14-5-2-6-15-28)20-10-3-4-11-22(20)33-26(24)31/h3-4,7-13,16H,2,5-6,14-15,17H2,1H3,(H,27,30). The van der Waals surface area contributed by atoms with E-state index < -0.39 is 11.4 Å². The van der Waals surface area contributed by atoms with Crippen molar-refractivity contribution in [1.29, 1.82) is 0 Å². The summed E-state index contributed by atoms with van der Waals surface area (Å²) in [6.07, 6.45) is 6.17. The van der Waals surface area contributed by atoms with E-state index in [-0.39, 0.29) is 18.1 Å². The Kier molecular flexibility index (Phi) is 7.00. The lowest BCUT2D eigenvalue weighted by Crippen LogP contribution is -2.32. The summed E-state index contributed by atoms with van der Waals surface area (Å²) in [6.45, 7) is 1.54. The highest BCUT2D eigenvalue weighted by atomic mass is 16.5. The number of carbonyl (C=O) groups is 2. The fourth-order valence-corrected chi connectivity index (χ4v) is 4.10. The molecule has 1 fully saturated rings. The molecule has 1 amide bonds. The number of anilines is 2. The molecule has 1 aliphatic rings. The number of fused-ring (bicyclic) bond motifs is 1. The van der Waals surface area contributed by atoms with Gasteiger partial charge in [-0.05, 0) is 55.2 Å². The Bertz CT molecular complexity index is 1260. The number of para-hydroxylation sites is 1. The van der Waals surface area contributed by atoms with E-state index in [4.69, 9.17) is 9.15 Å². The predicted octanol–water partition coefficient (Wildman–Crippen LogP) is 4.26. The van der Waals surface area contributed by atoms with Crippen LogP contribution >= 0.6 is 0 Å². The van der Waals surface area contributed by atoms with E-state index in [1.807, 2.05) is 24.3 Å². The lowest BCUT2D eigenvalue weighted by molar-refractivity contribution is -0.119. The number of rotatable bonds is 7. The van der Waals surface area contributed by atoms with Crippen LogP contribution in [0.1, 0.15) is 35.2 Å². The Morgan fingerprint density at radius 3 is 2.67 bits per heavy atom. The molecule has 2 aromatic carbocycles. The first-order valence-corrected chi connectivity index (χ1v) is 11.0. The Balaban J connectivity index is 1.67. The molecular weight excluding hydrogens is 420 g/mol. The maximum Gasteiger partial charge on any atom is 0.349 e. The summed E-state index contributed by atoms with van der Waals surface area (Å²) in [5.74, 6) is -0.682. The number of piperidine rings is 1. The van der Waals surface area contributed by atoms with Crippen molar-refractivity contribution in [3.63, 3.8) is 0 Å². The van der Waals surface area contributed by atoms with Crippen LogP contribution in [0.25, 0.3) is 17.0 Å². The van der Waals surface area contributed by atoms with Gasteiger partial charge in [0.15, 0.2) is 5.78 Å². The number of benzene rings is 2. The maximum atomic E-state index is 13.2. The highest BCUT2D eigenvalue weighted by Crippen LogP contribution is 2.31. The lowest BCUT2D eigenvalue weighted by Gasteiger charge is -2.30. The van der Waals surface area contributed by atoms with Gasteiger partial charge >= 0.3 is 5.63 Å². The molecule has 1 N–H and O–H groups in total. The molecule has 0 spiro atoms. The van der Waals surface area contributed by atoms with Gasteiger partial charge in [0.25, 0.3) is 0 Å². The van der Waals surface area contributed by atoms with Crippen LogP contribution in [0.15, 0.2) is 63.8 Å². The number of ketones is 1. The van der Waals surface area contributed by atoms with Crippen molar-refractivity contribution in [2.45, 2.75) is 19.3 Å². The van der Waals surface area contributed by atoms with Gasteiger partial charge in [0.2, 0.25) is 5.91 Å². The van der Waals surface area contributed by atoms with Crippen LogP contribution in [0.5, 0.6) is 0 Å². The molecule has 1 aliphatic heterocycles. The smallest absolute Gasteiger partial charge is 0.349 e. The second kappa shape index (κ2) is 10.3. The number of nitrogens with one attached hydrogen (secondary N) is 1. The van der Waals surface area contributed by atoms with Gasteiger partial charge in [0.1, 0.15) is 17.8 Å². The first-order chi connectivity index (χ1) is 16.1. The second-order valence-corrected chi connectivity index (χ2v) is 7.96. The van der Waals surface area contributed by atoms with Crippen molar-refractivity contribution in [3.8, 4) is 0 Å². The van der Waals surface area contributed by atoms with E-state index in [9.17, 15) is 14.4 Å². The lowest BCUT2D eigenvalue weighted by atomic mass is 10.0. The third-order valence-electron chi connectivity index (χ3n) is 5.58.